The Kier molecular flexibility index (Phi) is 5.28. The van der Waals surface area contributed by atoms with Gasteiger partial charge in [0.15, 0.2) is 0 Å². The third kappa shape index (κ3) is 3.29. The molecule has 0 atom stereocenters. The second-order valence-corrected chi connectivity index (χ2v) is 5.03. The summed E-state index contributed by atoms with van der Waals surface area (Å²) in [5.41, 5.74) is -0.112. The first-order chi connectivity index (χ1) is 8.48. The van der Waals surface area contributed by atoms with Crippen LogP contribution in [0.2, 0.25) is 0 Å². The molecule has 4 N–H and O–H groups in total. The normalized spacial score (nSPS) is 11.4. The summed E-state index contributed by atoms with van der Waals surface area (Å²) in [7, 11) is 0. The standard InChI is InChI=1S/C12H16BrNO4/c1-8-4-9(2-3-10(8)13)11(18)14-12(5-15,6-16)7-17/h2-4,15-17H,5-7H2,1H3,(H,14,18). The van der Waals surface area contributed by atoms with E-state index in [1.165, 1.54) is 0 Å². The van der Waals surface area contributed by atoms with Crippen LogP contribution >= 0.6 is 15.9 Å². The molecule has 1 aromatic carbocycles. The fourth-order valence-electron chi connectivity index (χ4n) is 1.37. The number of amides is 1. The van der Waals surface area contributed by atoms with E-state index in [-0.39, 0.29) is 0 Å². The van der Waals surface area contributed by atoms with E-state index in [4.69, 9.17) is 15.3 Å². The highest BCUT2D eigenvalue weighted by molar-refractivity contribution is 9.10. The van der Waals surface area contributed by atoms with Crippen LogP contribution in [0.1, 0.15) is 15.9 Å². The van der Waals surface area contributed by atoms with Gasteiger partial charge in [-0.1, -0.05) is 15.9 Å². The lowest BCUT2D eigenvalue weighted by molar-refractivity contribution is 0.0375. The average molecular weight is 318 g/mol. The molecule has 0 heterocycles. The second kappa shape index (κ2) is 6.29. The Bertz CT molecular complexity index is 424. The molecule has 0 aromatic heterocycles. The van der Waals surface area contributed by atoms with Crippen molar-refractivity contribution >= 4 is 21.8 Å². The molecule has 5 nitrogen and oxygen atoms in total. The maximum absolute atomic E-state index is 11.9. The van der Waals surface area contributed by atoms with Crippen molar-refractivity contribution in [1.29, 1.82) is 0 Å². The molecular weight excluding hydrogens is 302 g/mol. The fourth-order valence-corrected chi connectivity index (χ4v) is 1.61. The maximum Gasteiger partial charge on any atom is 0.251 e. The van der Waals surface area contributed by atoms with E-state index in [0.717, 1.165) is 10.0 Å². The van der Waals surface area contributed by atoms with Crippen LogP contribution in [0.15, 0.2) is 22.7 Å². The van der Waals surface area contributed by atoms with E-state index in [1.807, 2.05) is 6.92 Å². The van der Waals surface area contributed by atoms with E-state index in [2.05, 4.69) is 21.2 Å². The molecule has 6 heteroatoms. The Balaban J connectivity index is 2.90. The third-order valence-corrected chi connectivity index (χ3v) is 3.60. The number of halogens is 1. The summed E-state index contributed by atoms with van der Waals surface area (Å²) < 4.78 is 0.886. The smallest absolute Gasteiger partial charge is 0.251 e. The number of aliphatic hydroxyl groups excluding tert-OH is 3. The van der Waals surface area contributed by atoms with E-state index in [0.29, 0.717) is 5.56 Å². The molecule has 0 aliphatic rings. The first-order valence-electron chi connectivity index (χ1n) is 5.39. The van der Waals surface area contributed by atoms with Crippen molar-refractivity contribution in [3.63, 3.8) is 0 Å². The first kappa shape index (κ1) is 15.1. The zero-order valence-corrected chi connectivity index (χ0v) is 11.6. The molecule has 0 aliphatic heterocycles. The van der Waals surface area contributed by atoms with Crippen LogP contribution in [0, 0.1) is 6.92 Å². The fraction of sp³-hybridized carbons (Fsp3) is 0.417. The summed E-state index contributed by atoms with van der Waals surface area (Å²) in [5, 5.41) is 29.8. The van der Waals surface area contributed by atoms with Crippen LogP contribution in [0.3, 0.4) is 0 Å². The minimum Gasteiger partial charge on any atom is -0.394 e. The van der Waals surface area contributed by atoms with Crippen molar-refractivity contribution in [2.24, 2.45) is 0 Å². The van der Waals surface area contributed by atoms with Crippen molar-refractivity contribution in [1.82, 2.24) is 5.32 Å². The Hall–Kier alpha value is -0.950. The number of aliphatic hydroxyl groups is 3. The molecule has 0 fully saturated rings. The molecule has 18 heavy (non-hydrogen) atoms. The topological polar surface area (TPSA) is 89.8 Å². The molecule has 100 valence electrons. The molecule has 1 aromatic rings. The molecule has 0 aliphatic carbocycles. The number of hydrogen-bond acceptors (Lipinski definition) is 4. The Morgan fingerprint density at radius 2 is 1.83 bits per heavy atom. The van der Waals surface area contributed by atoms with Gasteiger partial charge in [-0.05, 0) is 30.7 Å². The first-order valence-corrected chi connectivity index (χ1v) is 6.18. The molecule has 1 rings (SSSR count). The maximum atomic E-state index is 11.9. The van der Waals surface area contributed by atoms with Crippen molar-refractivity contribution in [2.75, 3.05) is 19.8 Å². The number of hydrogen-bond donors (Lipinski definition) is 4. The molecule has 0 spiro atoms. The van der Waals surface area contributed by atoms with Crippen molar-refractivity contribution in [3.8, 4) is 0 Å². The highest BCUT2D eigenvalue weighted by Gasteiger charge is 2.30. The predicted molar refractivity (Wildman–Crippen MR) is 70.3 cm³/mol. The highest BCUT2D eigenvalue weighted by atomic mass is 79.9. The van der Waals surface area contributed by atoms with Crippen LogP contribution in [-0.4, -0.2) is 46.6 Å². The van der Waals surface area contributed by atoms with Gasteiger partial charge in [-0.3, -0.25) is 4.79 Å². The van der Waals surface area contributed by atoms with Gasteiger partial charge in [-0.2, -0.15) is 0 Å². The summed E-state index contributed by atoms with van der Waals surface area (Å²) in [5.74, 6) is -0.456. The lowest BCUT2D eigenvalue weighted by Gasteiger charge is -2.28. The van der Waals surface area contributed by atoms with Crippen LogP contribution in [0.25, 0.3) is 0 Å². The van der Waals surface area contributed by atoms with Crippen LogP contribution in [0.4, 0.5) is 0 Å². The molecule has 0 saturated heterocycles. The largest absolute Gasteiger partial charge is 0.394 e. The van der Waals surface area contributed by atoms with E-state index in [1.54, 1.807) is 18.2 Å². The number of carbonyl (C=O) groups excluding carboxylic acids is 1. The summed E-state index contributed by atoms with van der Waals surface area (Å²) in [6.45, 7) is 0.224. The van der Waals surface area contributed by atoms with Crippen molar-refractivity contribution < 1.29 is 20.1 Å². The van der Waals surface area contributed by atoms with Gasteiger partial charge in [-0.25, -0.2) is 0 Å². The van der Waals surface area contributed by atoms with Gasteiger partial charge in [-0.15, -0.1) is 0 Å². The number of aryl methyl sites for hydroxylation is 1. The minimum atomic E-state index is -1.40. The summed E-state index contributed by atoms with van der Waals surface area (Å²) in [6, 6.07) is 5.03. The van der Waals surface area contributed by atoms with Gasteiger partial charge < -0.3 is 20.6 Å². The van der Waals surface area contributed by atoms with Crippen LogP contribution in [0.5, 0.6) is 0 Å². The number of nitrogens with one attached hydrogen (secondary N) is 1. The quantitative estimate of drug-likeness (QED) is 0.624. The zero-order chi connectivity index (χ0) is 13.8. The van der Waals surface area contributed by atoms with E-state index < -0.39 is 31.3 Å². The molecule has 0 unspecified atom stereocenters. The SMILES string of the molecule is Cc1cc(C(=O)NC(CO)(CO)CO)ccc1Br. The van der Waals surface area contributed by atoms with Crippen molar-refractivity contribution in [3.05, 3.63) is 33.8 Å². The number of carbonyl (C=O) groups is 1. The van der Waals surface area contributed by atoms with Crippen molar-refractivity contribution in [2.45, 2.75) is 12.5 Å². The monoisotopic (exact) mass is 317 g/mol. The minimum absolute atomic E-state index is 0.399. The Morgan fingerprint density at radius 1 is 1.28 bits per heavy atom. The lowest BCUT2D eigenvalue weighted by atomic mass is 10.0. The van der Waals surface area contributed by atoms with Crippen LogP contribution in [-0.2, 0) is 0 Å². The van der Waals surface area contributed by atoms with Gasteiger partial charge in [0.05, 0.1) is 19.8 Å². The molecule has 0 bridgehead atoms. The second-order valence-electron chi connectivity index (χ2n) is 4.17. The number of rotatable bonds is 5. The van der Waals surface area contributed by atoms with Gasteiger partial charge in [0.2, 0.25) is 0 Å². The summed E-state index contributed by atoms with van der Waals surface area (Å²) >= 11 is 3.33. The Labute approximate surface area is 114 Å². The zero-order valence-electron chi connectivity index (χ0n) is 9.98. The highest BCUT2D eigenvalue weighted by Crippen LogP contribution is 2.17. The van der Waals surface area contributed by atoms with E-state index >= 15 is 0 Å². The Morgan fingerprint density at radius 3 is 2.28 bits per heavy atom. The van der Waals surface area contributed by atoms with Gasteiger partial charge in [0, 0.05) is 10.0 Å². The van der Waals surface area contributed by atoms with Gasteiger partial charge >= 0.3 is 0 Å². The summed E-state index contributed by atoms with van der Waals surface area (Å²) in [4.78, 5) is 11.9. The molecule has 0 radical (unpaired) electrons. The predicted octanol–water partition coefficient (Wildman–Crippen LogP) is 0.203. The van der Waals surface area contributed by atoms with Gasteiger partial charge in [0.1, 0.15) is 5.54 Å². The lowest BCUT2D eigenvalue weighted by Crippen LogP contribution is -2.57. The molecule has 1 amide bonds. The molecule has 0 saturated carbocycles. The summed E-state index contributed by atoms with van der Waals surface area (Å²) in [6.07, 6.45) is 0. The van der Waals surface area contributed by atoms with E-state index in [9.17, 15) is 4.79 Å². The average Bonchev–Trinajstić information content (AvgIpc) is 2.39. The number of benzene rings is 1. The van der Waals surface area contributed by atoms with Gasteiger partial charge in [0.25, 0.3) is 5.91 Å². The third-order valence-electron chi connectivity index (χ3n) is 2.71. The van der Waals surface area contributed by atoms with Crippen LogP contribution < -0.4 is 5.32 Å². The molecular formula is C12H16BrNO4.